The van der Waals surface area contributed by atoms with Gasteiger partial charge in [-0.15, -0.1) is 6.58 Å². The van der Waals surface area contributed by atoms with Crippen molar-refractivity contribution < 1.29 is 26.9 Å². The van der Waals surface area contributed by atoms with Crippen LogP contribution in [-0.4, -0.2) is 44.8 Å². The van der Waals surface area contributed by atoms with Crippen LogP contribution in [0.2, 0.25) is 0 Å². The first kappa shape index (κ1) is 17.9. The van der Waals surface area contributed by atoms with Gasteiger partial charge in [-0.25, -0.2) is 0 Å². The van der Waals surface area contributed by atoms with Crippen LogP contribution in [0.5, 0.6) is 0 Å². The molecule has 2 heterocycles. The second-order valence-corrected chi connectivity index (χ2v) is 7.76. The van der Waals surface area contributed by atoms with Crippen molar-refractivity contribution in [2.24, 2.45) is 5.92 Å². The Hall–Kier alpha value is -1.41. The zero-order chi connectivity index (χ0) is 17.1. The number of unbranched alkanes of at least 4 members (excludes halogenated alkanes) is 1. The Kier molecular flexibility index (Phi) is 5.46. The number of ether oxygens (including phenoxy) is 1. The van der Waals surface area contributed by atoms with Gasteiger partial charge in [0.2, 0.25) is 5.91 Å². The van der Waals surface area contributed by atoms with Crippen molar-refractivity contribution in [1.29, 1.82) is 0 Å². The molecule has 0 aromatic carbocycles. The molecule has 1 amide bonds. The lowest BCUT2D eigenvalue weighted by Crippen LogP contribution is -2.53. The molecule has 0 aliphatic carbocycles. The molecule has 1 N–H and O–H groups in total. The third-order valence-corrected chi connectivity index (χ3v) is 5.04. The van der Waals surface area contributed by atoms with Gasteiger partial charge in [-0.2, -0.15) is 8.42 Å². The zero-order valence-corrected chi connectivity index (χ0v) is 14.1. The summed E-state index contributed by atoms with van der Waals surface area (Å²) in [6.07, 6.45) is 5.44. The summed E-state index contributed by atoms with van der Waals surface area (Å²) in [6, 6.07) is 0. The zero-order valence-electron chi connectivity index (χ0n) is 13.2. The highest BCUT2D eigenvalue weighted by Gasteiger charge is 2.59. The summed E-state index contributed by atoms with van der Waals surface area (Å²) in [4.78, 5) is 23.9. The first-order valence-electron chi connectivity index (χ1n) is 7.75. The Bertz CT molecular complexity index is 587. The van der Waals surface area contributed by atoms with Crippen LogP contribution in [0.1, 0.15) is 38.5 Å². The number of cyclic esters (lactones) is 1. The van der Waals surface area contributed by atoms with Gasteiger partial charge in [0.05, 0.1) is 24.3 Å². The quantitative estimate of drug-likeness (QED) is 0.304. The van der Waals surface area contributed by atoms with Gasteiger partial charge in [0, 0.05) is 12.8 Å². The molecule has 0 aromatic rings. The minimum Gasteiger partial charge on any atom is -0.459 e. The number of rotatable bonds is 8. The number of esters is 1. The second-order valence-electron chi connectivity index (χ2n) is 6.11. The van der Waals surface area contributed by atoms with Crippen LogP contribution in [0, 0.1) is 5.92 Å². The molecular weight excluding hydrogens is 322 g/mol. The van der Waals surface area contributed by atoms with E-state index in [9.17, 15) is 18.0 Å². The van der Waals surface area contributed by atoms with E-state index in [0.29, 0.717) is 38.5 Å². The van der Waals surface area contributed by atoms with Gasteiger partial charge in [0.1, 0.15) is 6.10 Å². The minimum absolute atomic E-state index is 0.0669. The summed E-state index contributed by atoms with van der Waals surface area (Å²) in [5, 5.41) is 2.95. The third kappa shape index (κ3) is 4.11. The number of carbonyl (C=O) groups is 2. The Morgan fingerprint density at radius 3 is 2.74 bits per heavy atom. The van der Waals surface area contributed by atoms with Crippen LogP contribution in [0.25, 0.3) is 0 Å². The second kappa shape index (κ2) is 7.00. The predicted molar refractivity (Wildman–Crippen MR) is 82.9 cm³/mol. The van der Waals surface area contributed by atoms with Gasteiger partial charge in [-0.1, -0.05) is 12.5 Å². The van der Waals surface area contributed by atoms with Crippen molar-refractivity contribution in [3.63, 3.8) is 0 Å². The Labute approximate surface area is 136 Å². The third-order valence-electron chi connectivity index (χ3n) is 4.44. The van der Waals surface area contributed by atoms with Gasteiger partial charge in [-0.05, 0) is 19.3 Å². The van der Waals surface area contributed by atoms with Crippen molar-refractivity contribution >= 4 is 22.0 Å². The molecule has 2 fully saturated rings. The van der Waals surface area contributed by atoms with E-state index in [1.165, 1.54) is 0 Å². The molecule has 2 aliphatic heterocycles. The van der Waals surface area contributed by atoms with Gasteiger partial charge in [0.15, 0.2) is 0 Å². The Morgan fingerprint density at radius 2 is 2.17 bits per heavy atom. The smallest absolute Gasteiger partial charge is 0.311 e. The molecule has 7 nitrogen and oxygen atoms in total. The van der Waals surface area contributed by atoms with E-state index < -0.39 is 21.6 Å². The van der Waals surface area contributed by atoms with Crippen molar-refractivity contribution in [3.8, 4) is 0 Å². The topological polar surface area (TPSA) is 98.8 Å². The van der Waals surface area contributed by atoms with Crippen LogP contribution < -0.4 is 5.32 Å². The lowest BCUT2D eigenvalue weighted by atomic mass is 9.77. The van der Waals surface area contributed by atoms with Crippen molar-refractivity contribution in [2.45, 2.75) is 50.2 Å². The summed E-state index contributed by atoms with van der Waals surface area (Å²) in [5.74, 6) is -0.775. The number of hydrogen-bond acceptors (Lipinski definition) is 6. The van der Waals surface area contributed by atoms with E-state index in [1.54, 1.807) is 6.08 Å². The summed E-state index contributed by atoms with van der Waals surface area (Å²) < 4.78 is 32.0. The summed E-state index contributed by atoms with van der Waals surface area (Å²) in [6.45, 7) is 3.77. The monoisotopic (exact) mass is 345 g/mol. The van der Waals surface area contributed by atoms with Crippen molar-refractivity contribution in [3.05, 3.63) is 12.7 Å². The molecule has 1 unspecified atom stereocenters. The fourth-order valence-corrected chi connectivity index (χ4v) is 3.84. The van der Waals surface area contributed by atoms with Gasteiger partial charge >= 0.3 is 5.97 Å². The van der Waals surface area contributed by atoms with Gasteiger partial charge < -0.3 is 10.1 Å². The number of hydrogen-bond donors (Lipinski definition) is 1. The average Bonchev–Trinajstić information content (AvgIpc) is 2.94. The fourth-order valence-electron chi connectivity index (χ4n) is 3.42. The first-order chi connectivity index (χ1) is 10.8. The molecule has 3 atom stereocenters. The van der Waals surface area contributed by atoms with Gasteiger partial charge in [0.25, 0.3) is 10.1 Å². The predicted octanol–water partition coefficient (Wildman–Crippen LogP) is 0.899. The minimum atomic E-state index is -3.44. The number of carbonyl (C=O) groups excluding carboxylic acids is 2. The van der Waals surface area contributed by atoms with E-state index in [2.05, 4.69) is 16.1 Å². The maximum atomic E-state index is 12.2. The van der Waals surface area contributed by atoms with Crippen LogP contribution >= 0.6 is 0 Å². The van der Waals surface area contributed by atoms with Gasteiger partial charge in [-0.3, -0.25) is 13.8 Å². The molecule has 8 heteroatoms. The van der Waals surface area contributed by atoms with E-state index >= 15 is 0 Å². The molecule has 2 aliphatic rings. The van der Waals surface area contributed by atoms with E-state index in [1.807, 2.05) is 0 Å². The molecule has 2 saturated heterocycles. The average molecular weight is 345 g/mol. The number of nitrogens with one attached hydrogen (secondary N) is 1. The normalized spacial score (nSPS) is 30.5. The van der Waals surface area contributed by atoms with Crippen LogP contribution in [0.3, 0.4) is 0 Å². The highest BCUT2D eigenvalue weighted by Crippen LogP contribution is 2.43. The maximum Gasteiger partial charge on any atom is 0.311 e. The molecule has 0 radical (unpaired) electrons. The molecule has 0 saturated carbocycles. The van der Waals surface area contributed by atoms with Crippen LogP contribution in [-0.2, 0) is 28.6 Å². The number of amides is 1. The molecule has 1 spiro atoms. The van der Waals surface area contributed by atoms with Crippen molar-refractivity contribution in [1.82, 2.24) is 5.32 Å². The van der Waals surface area contributed by atoms with Crippen LogP contribution in [0.4, 0.5) is 0 Å². The molecule has 130 valence electrons. The molecule has 23 heavy (non-hydrogen) atoms. The highest BCUT2D eigenvalue weighted by atomic mass is 32.2. The largest absolute Gasteiger partial charge is 0.459 e. The lowest BCUT2D eigenvalue weighted by Gasteiger charge is -2.32. The fraction of sp³-hybridized carbons (Fsp3) is 0.733. The standard InChI is InChI=1S/C15H23NO6S/c1-3-6-12-15(9-8-13(17)16-15)11(14(18)22-12)7-4-5-10-21-23(2,19)20/h3,11-12H,1,4-10H2,2H3,(H,16,17)/t11-,12?,15-/m0/s1. The summed E-state index contributed by atoms with van der Waals surface area (Å²) in [5.41, 5.74) is -0.653. The Morgan fingerprint density at radius 1 is 1.43 bits per heavy atom. The SMILES string of the molecule is C=CCC1OC(=O)[C@H](CCCCOS(C)(=O)=O)[C@@]12CCC(=O)N2. The van der Waals surface area contributed by atoms with E-state index in [0.717, 1.165) is 6.26 Å². The maximum absolute atomic E-state index is 12.2. The molecule has 2 rings (SSSR count). The molecular formula is C15H23NO6S. The van der Waals surface area contributed by atoms with E-state index in [-0.39, 0.29) is 24.6 Å². The molecule has 0 aromatic heterocycles. The summed E-state index contributed by atoms with van der Waals surface area (Å²) >= 11 is 0. The first-order valence-corrected chi connectivity index (χ1v) is 9.57. The summed E-state index contributed by atoms with van der Waals surface area (Å²) in [7, 11) is -3.44. The van der Waals surface area contributed by atoms with Crippen molar-refractivity contribution in [2.75, 3.05) is 12.9 Å². The van der Waals surface area contributed by atoms with E-state index in [4.69, 9.17) is 4.74 Å². The lowest BCUT2D eigenvalue weighted by molar-refractivity contribution is -0.144. The Balaban J connectivity index is 1.97. The van der Waals surface area contributed by atoms with Crippen LogP contribution in [0.15, 0.2) is 12.7 Å². The highest BCUT2D eigenvalue weighted by molar-refractivity contribution is 7.85. The molecule has 0 bridgehead atoms.